The fraction of sp³-hybridized carbons (Fsp3) is 0.409. The molecule has 1 unspecified atom stereocenters. The maximum Gasteiger partial charge on any atom is 0.433 e. The second-order valence-corrected chi connectivity index (χ2v) is 7.72. The van der Waals surface area contributed by atoms with Gasteiger partial charge in [0.25, 0.3) is 5.91 Å². The molecule has 3 aromatic rings. The third-order valence-electron chi connectivity index (χ3n) is 5.71. The number of amides is 1. The summed E-state index contributed by atoms with van der Waals surface area (Å²) >= 11 is 0. The average molecular weight is 432 g/mol. The van der Waals surface area contributed by atoms with E-state index in [9.17, 15) is 18.0 Å². The summed E-state index contributed by atoms with van der Waals surface area (Å²) in [6, 6.07) is 8.86. The van der Waals surface area contributed by atoms with Gasteiger partial charge in [0.2, 0.25) is 0 Å². The summed E-state index contributed by atoms with van der Waals surface area (Å²) in [6.07, 6.45) is -1.77. The average Bonchev–Trinajstić information content (AvgIpc) is 3.21. The molecular formula is C22H23F3N4O2. The van der Waals surface area contributed by atoms with Gasteiger partial charge in [-0.3, -0.25) is 4.79 Å². The van der Waals surface area contributed by atoms with E-state index in [0.29, 0.717) is 34.8 Å². The lowest BCUT2D eigenvalue weighted by Gasteiger charge is -2.31. The van der Waals surface area contributed by atoms with Crippen molar-refractivity contribution >= 4 is 11.6 Å². The van der Waals surface area contributed by atoms with Gasteiger partial charge in [0.15, 0.2) is 17.0 Å². The van der Waals surface area contributed by atoms with Crippen molar-refractivity contribution in [3.05, 3.63) is 47.8 Å². The van der Waals surface area contributed by atoms with Crippen LogP contribution < -0.4 is 4.74 Å². The molecule has 1 aliphatic heterocycles. The van der Waals surface area contributed by atoms with Crippen LogP contribution in [-0.2, 0) is 6.18 Å². The summed E-state index contributed by atoms with van der Waals surface area (Å²) < 4.78 is 47.2. The fourth-order valence-corrected chi connectivity index (χ4v) is 3.94. The van der Waals surface area contributed by atoms with Crippen LogP contribution in [0.5, 0.6) is 5.75 Å². The lowest BCUT2D eigenvalue weighted by atomic mass is 9.95. The molecule has 2 aromatic heterocycles. The van der Waals surface area contributed by atoms with Crippen molar-refractivity contribution in [3.8, 4) is 17.0 Å². The largest absolute Gasteiger partial charge is 0.497 e. The first kappa shape index (κ1) is 21.1. The fourth-order valence-electron chi connectivity index (χ4n) is 3.94. The smallest absolute Gasteiger partial charge is 0.433 e. The lowest BCUT2D eigenvalue weighted by Crippen LogP contribution is -2.40. The molecular weight excluding hydrogens is 409 g/mol. The zero-order chi connectivity index (χ0) is 22.2. The molecule has 3 heterocycles. The topological polar surface area (TPSA) is 59.7 Å². The molecule has 0 aliphatic carbocycles. The van der Waals surface area contributed by atoms with Gasteiger partial charge in [-0.2, -0.15) is 18.3 Å². The van der Waals surface area contributed by atoms with Gasteiger partial charge in [-0.15, -0.1) is 0 Å². The van der Waals surface area contributed by atoms with Crippen LogP contribution in [-0.4, -0.2) is 45.6 Å². The summed E-state index contributed by atoms with van der Waals surface area (Å²) in [7, 11) is 1.51. The van der Waals surface area contributed by atoms with Gasteiger partial charge in [0.05, 0.1) is 12.8 Å². The number of methoxy groups -OCH3 is 1. The maximum atomic E-state index is 13.8. The van der Waals surface area contributed by atoms with E-state index < -0.39 is 11.9 Å². The highest BCUT2D eigenvalue weighted by Crippen LogP contribution is 2.33. The number of piperidine rings is 1. The second-order valence-electron chi connectivity index (χ2n) is 7.72. The molecule has 0 N–H and O–H groups in total. The van der Waals surface area contributed by atoms with Crippen LogP contribution >= 0.6 is 0 Å². The number of benzene rings is 1. The number of ether oxygens (including phenoxy) is 1. The highest BCUT2D eigenvalue weighted by atomic mass is 19.4. The Hall–Kier alpha value is -3.10. The third-order valence-corrected chi connectivity index (χ3v) is 5.71. The molecule has 0 radical (unpaired) electrons. The first-order chi connectivity index (χ1) is 14.8. The Kier molecular flexibility index (Phi) is 5.60. The molecule has 1 amide bonds. The quantitative estimate of drug-likeness (QED) is 0.600. The van der Waals surface area contributed by atoms with Gasteiger partial charge in [0, 0.05) is 24.7 Å². The molecule has 0 saturated carbocycles. The monoisotopic (exact) mass is 432 g/mol. The molecule has 1 fully saturated rings. The maximum absolute atomic E-state index is 13.8. The summed E-state index contributed by atoms with van der Waals surface area (Å²) in [5.41, 5.74) is -0.378. The number of carbonyl (C=O) groups is 1. The van der Waals surface area contributed by atoms with Gasteiger partial charge in [-0.05, 0) is 49.1 Å². The van der Waals surface area contributed by atoms with Crippen molar-refractivity contribution in [3.63, 3.8) is 0 Å². The van der Waals surface area contributed by atoms with Gasteiger partial charge in [-0.1, -0.05) is 13.3 Å². The van der Waals surface area contributed by atoms with Crippen LogP contribution in [0.2, 0.25) is 0 Å². The van der Waals surface area contributed by atoms with Crippen LogP contribution in [0.15, 0.2) is 36.4 Å². The molecule has 1 aliphatic rings. The van der Waals surface area contributed by atoms with E-state index in [1.54, 1.807) is 29.2 Å². The number of alkyl halides is 3. The molecule has 164 valence electrons. The van der Waals surface area contributed by atoms with Gasteiger partial charge >= 0.3 is 6.18 Å². The normalized spacial score (nSPS) is 17.2. The van der Waals surface area contributed by atoms with E-state index in [2.05, 4.69) is 17.0 Å². The predicted octanol–water partition coefficient (Wildman–Crippen LogP) is 4.69. The van der Waals surface area contributed by atoms with Crippen LogP contribution in [0, 0.1) is 5.92 Å². The molecule has 9 heteroatoms. The molecule has 6 nitrogen and oxygen atoms in total. The number of nitrogens with zero attached hydrogens (tertiary/aromatic N) is 4. The SMILES string of the molecule is CCC1CCCN(C(=O)c2cc3nc(-c4ccc(OC)cc4)cc(C(F)(F)F)n3n2)C1. The number of halogens is 3. The van der Waals surface area contributed by atoms with Crippen molar-refractivity contribution in [2.45, 2.75) is 32.4 Å². The standard InChI is InChI=1S/C22H23F3N4O2/c1-3-14-5-4-10-28(13-14)21(30)18-12-20-26-17(15-6-8-16(31-2)9-7-15)11-19(22(23,24)25)29(20)27-18/h6-9,11-12,14H,3-5,10,13H2,1-2H3. The Morgan fingerprint density at radius 3 is 2.61 bits per heavy atom. The molecule has 1 saturated heterocycles. The van der Waals surface area contributed by atoms with E-state index in [1.165, 1.54) is 13.2 Å². The predicted molar refractivity (Wildman–Crippen MR) is 109 cm³/mol. The van der Waals surface area contributed by atoms with Gasteiger partial charge in [-0.25, -0.2) is 9.50 Å². The summed E-state index contributed by atoms with van der Waals surface area (Å²) in [5, 5.41) is 3.99. The number of likely N-dealkylation sites (tertiary alicyclic amines) is 1. The van der Waals surface area contributed by atoms with Crippen LogP contribution in [0.25, 0.3) is 16.9 Å². The van der Waals surface area contributed by atoms with E-state index in [1.807, 2.05) is 0 Å². The summed E-state index contributed by atoms with van der Waals surface area (Å²) in [4.78, 5) is 19.0. The first-order valence-electron chi connectivity index (χ1n) is 10.2. The molecule has 1 atom stereocenters. The van der Waals surface area contributed by atoms with Crippen molar-refractivity contribution < 1.29 is 22.7 Å². The third kappa shape index (κ3) is 4.22. The number of aromatic nitrogens is 3. The Morgan fingerprint density at radius 2 is 1.97 bits per heavy atom. The highest BCUT2D eigenvalue weighted by molar-refractivity contribution is 5.93. The molecule has 4 rings (SSSR count). The second kappa shape index (κ2) is 8.20. The Morgan fingerprint density at radius 1 is 1.23 bits per heavy atom. The van der Waals surface area contributed by atoms with E-state index in [-0.39, 0.29) is 22.9 Å². The van der Waals surface area contributed by atoms with Crippen LogP contribution in [0.4, 0.5) is 13.2 Å². The van der Waals surface area contributed by atoms with Crippen molar-refractivity contribution in [1.29, 1.82) is 0 Å². The molecule has 31 heavy (non-hydrogen) atoms. The van der Waals surface area contributed by atoms with Crippen LogP contribution in [0.3, 0.4) is 0 Å². The first-order valence-corrected chi connectivity index (χ1v) is 10.2. The van der Waals surface area contributed by atoms with Gasteiger partial charge < -0.3 is 9.64 Å². The molecule has 1 aromatic carbocycles. The molecule has 0 bridgehead atoms. The Labute approximate surface area is 177 Å². The number of carbonyl (C=O) groups excluding carboxylic acids is 1. The van der Waals surface area contributed by atoms with E-state index >= 15 is 0 Å². The number of hydrogen-bond acceptors (Lipinski definition) is 4. The lowest BCUT2D eigenvalue weighted by molar-refractivity contribution is -0.142. The summed E-state index contributed by atoms with van der Waals surface area (Å²) in [6.45, 7) is 3.25. The summed E-state index contributed by atoms with van der Waals surface area (Å²) in [5.74, 6) is 0.632. The minimum Gasteiger partial charge on any atom is -0.497 e. The Bertz CT molecular complexity index is 1090. The zero-order valence-corrected chi connectivity index (χ0v) is 17.3. The number of rotatable bonds is 4. The Balaban J connectivity index is 1.76. The minimum absolute atomic E-state index is 0.0203. The number of fused-ring (bicyclic) bond motifs is 1. The molecule has 0 spiro atoms. The van der Waals surface area contributed by atoms with Crippen molar-refractivity contribution in [2.24, 2.45) is 5.92 Å². The van der Waals surface area contributed by atoms with Crippen LogP contribution in [0.1, 0.15) is 42.4 Å². The number of hydrogen-bond donors (Lipinski definition) is 0. The zero-order valence-electron chi connectivity index (χ0n) is 17.3. The van der Waals surface area contributed by atoms with Gasteiger partial charge in [0.1, 0.15) is 5.75 Å². The van der Waals surface area contributed by atoms with Crippen molar-refractivity contribution in [1.82, 2.24) is 19.5 Å². The van der Waals surface area contributed by atoms with E-state index in [0.717, 1.165) is 25.3 Å². The van der Waals surface area contributed by atoms with E-state index in [4.69, 9.17) is 4.74 Å². The van der Waals surface area contributed by atoms with Crippen molar-refractivity contribution in [2.75, 3.05) is 20.2 Å². The highest BCUT2D eigenvalue weighted by Gasteiger charge is 2.36. The minimum atomic E-state index is -4.66.